The highest BCUT2D eigenvalue weighted by molar-refractivity contribution is 5.79. The summed E-state index contributed by atoms with van der Waals surface area (Å²) in [4.78, 5) is 28.0. The van der Waals surface area contributed by atoms with E-state index in [1.165, 1.54) is 5.56 Å². The lowest BCUT2D eigenvalue weighted by Crippen LogP contribution is -2.47. The van der Waals surface area contributed by atoms with Gasteiger partial charge in [0.05, 0.1) is 0 Å². The topological polar surface area (TPSA) is 49.9 Å². The number of hydrogen-bond acceptors (Lipinski definition) is 3. The van der Waals surface area contributed by atoms with E-state index in [0.29, 0.717) is 13.1 Å². The second-order valence-electron chi connectivity index (χ2n) is 7.42. The Bertz CT molecular complexity index is 630. The van der Waals surface area contributed by atoms with Crippen molar-refractivity contribution < 1.29 is 14.3 Å². The maximum Gasteiger partial charge on any atom is 0.225 e. The van der Waals surface area contributed by atoms with Crippen molar-refractivity contribution in [2.24, 2.45) is 5.92 Å². The molecule has 0 spiro atoms. The van der Waals surface area contributed by atoms with Crippen LogP contribution in [-0.2, 0) is 16.0 Å². The minimum atomic E-state index is 0.0734. The minimum absolute atomic E-state index is 0.0734. The standard InChI is InChI=1S/C21H30N2O3/c1-3-17-5-4-6-20(15-17)26-19-9-13-23(14-10-19)21(25)18-7-11-22(12-8-18)16(2)24/h4-6,15,18-19H,3,7-14H2,1-2H3. The molecule has 3 rings (SSSR count). The Balaban J connectivity index is 1.46. The number of piperidine rings is 2. The molecule has 142 valence electrons. The van der Waals surface area contributed by atoms with Crippen molar-refractivity contribution in [2.75, 3.05) is 26.2 Å². The summed E-state index contributed by atoms with van der Waals surface area (Å²) in [6.07, 6.45) is 4.54. The van der Waals surface area contributed by atoms with E-state index >= 15 is 0 Å². The van der Waals surface area contributed by atoms with Crippen LogP contribution >= 0.6 is 0 Å². The van der Waals surface area contributed by atoms with Crippen LogP contribution in [0.4, 0.5) is 0 Å². The normalized spacial score (nSPS) is 19.5. The van der Waals surface area contributed by atoms with E-state index in [1.807, 2.05) is 21.9 Å². The maximum atomic E-state index is 12.8. The summed E-state index contributed by atoms with van der Waals surface area (Å²) in [5.74, 6) is 1.38. The van der Waals surface area contributed by atoms with Crippen molar-refractivity contribution in [1.29, 1.82) is 0 Å². The Labute approximate surface area is 156 Å². The van der Waals surface area contributed by atoms with Crippen LogP contribution in [0.5, 0.6) is 5.75 Å². The van der Waals surface area contributed by atoms with E-state index in [-0.39, 0.29) is 23.8 Å². The summed E-state index contributed by atoms with van der Waals surface area (Å²) in [6, 6.07) is 8.28. The second-order valence-corrected chi connectivity index (χ2v) is 7.42. The predicted octanol–water partition coefficient (Wildman–Crippen LogP) is 2.88. The smallest absolute Gasteiger partial charge is 0.225 e. The third-order valence-corrected chi connectivity index (χ3v) is 5.65. The molecule has 0 aromatic heterocycles. The Kier molecular flexibility index (Phi) is 6.17. The lowest BCUT2D eigenvalue weighted by Gasteiger charge is -2.37. The Hall–Kier alpha value is -2.04. The average Bonchev–Trinajstić information content (AvgIpc) is 2.68. The van der Waals surface area contributed by atoms with Crippen LogP contribution in [0.2, 0.25) is 0 Å². The molecule has 0 unspecified atom stereocenters. The van der Waals surface area contributed by atoms with Gasteiger partial charge in [-0.1, -0.05) is 19.1 Å². The van der Waals surface area contributed by atoms with Gasteiger partial charge in [0, 0.05) is 51.9 Å². The first kappa shape index (κ1) is 18.7. The second kappa shape index (κ2) is 8.56. The summed E-state index contributed by atoms with van der Waals surface area (Å²) < 4.78 is 6.13. The Morgan fingerprint density at radius 3 is 2.31 bits per heavy atom. The van der Waals surface area contributed by atoms with E-state index in [1.54, 1.807) is 6.92 Å². The molecule has 0 atom stereocenters. The molecular weight excluding hydrogens is 328 g/mol. The number of carbonyl (C=O) groups is 2. The van der Waals surface area contributed by atoms with Gasteiger partial charge in [0.25, 0.3) is 0 Å². The van der Waals surface area contributed by atoms with Crippen molar-refractivity contribution in [2.45, 2.75) is 52.1 Å². The minimum Gasteiger partial charge on any atom is -0.490 e. The fraction of sp³-hybridized carbons (Fsp3) is 0.619. The van der Waals surface area contributed by atoms with E-state index in [0.717, 1.165) is 50.9 Å². The molecule has 1 aromatic carbocycles. The molecule has 0 radical (unpaired) electrons. The lowest BCUT2D eigenvalue weighted by atomic mass is 9.94. The van der Waals surface area contributed by atoms with Gasteiger partial charge in [-0.15, -0.1) is 0 Å². The van der Waals surface area contributed by atoms with Crippen molar-refractivity contribution >= 4 is 11.8 Å². The molecule has 1 aromatic rings. The highest BCUT2D eigenvalue weighted by atomic mass is 16.5. The number of ether oxygens (including phenoxy) is 1. The van der Waals surface area contributed by atoms with Crippen molar-refractivity contribution in [3.63, 3.8) is 0 Å². The van der Waals surface area contributed by atoms with Crippen molar-refractivity contribution in [3.8, 4) is 5.75 Å². The predicted molar refractivity (Wildman–Crippen MR) is 101 cm³/mol. The van der Waals surface area contributed by atoms with Crippen molar-refractivity contribution in [1.82, 2.24) is 9.80 Å². The first-order valence-electron chi connectivity index (χ1n) is 9.86. The monoisotopic (exact) mass is 358 g/mol. The molecule has 5 nitrogen and oxygen atoms in total. The lowest BCUT2D eigenvalue weighted by molar-refractivity contribution is -0.141. The maximum absolute atomic E-state index is 12.8. The van der Waals surface area contributed by atoms with Gasteiger partial charge in [-0.25, -0.2) is 0 Å². The van der Waals surface area contributed by atoms with Gasteiger partial charge in [-0.05, 0) is 37.0 Å². The van der Waals surface area contributed by atoms with Crippen molar-refractivity contribution in [3.05, 3.63) is 29.8 Å². The van der Waals surface area contributed by atoms with Gasteiger partial charge < -0.3 is 14.5 Å². The van der Waals surface area contributed by atoms with Crippen LogP contribution in [-0.4, -0.2) is 53.9 Å². The number of benzene rings is 1. The van der Waals surface area contributed by atoms with Gasteiger partial charge in [0.2, 0.25) is 11.8 Å². The third kappa shape index (κ3) is 4.57. The number of carbonyl (C=O) groups excluding carboxylic acids is 2. The van der Waals surface area contributed by atoms with Gasteiger partial charge in [-0.3, -0.25) is 9.59 Å². The number of aryl methyl sites for hydroxylation is 1. The molecule has 2 aliphatic rings. The van der Waals surface area contributed by atoms with Crippen LogP contribution in [0.3, 0.4) is 0 Å². The van der Waals surface area contributed by atoms with Crippen LogP contribution in [0.25, 0.3) is 0 Å². The molecule has 2 heterocycles. The third-order valence-electron chi connectivity index (χ3n) is 5.65. The first-order chi connectivity index (χ1) is 12.6. The largest absolute Gasteiger partial charge is 0.490 e. The van der Waals surface area contributed by atoms with Crippen LogP contribution in [0.15, 0.2) is 24.3 Å². The number of rotatable bonds is 4. The molecule has 0 bridgehead atoms. The number of amides is 2. The van der Waals surface area contributed by atoms with Gasteiger partial charge >= 0.3 is 0 Å². The van der Waals surface area contributed by atoms with Crippen LogP contribution in [0, 0.1) is 5.92 Å². The highest BCUT2D eigenvalue weighted by Crippen LogP contribution is 2.24. The zero-order chi connectivity index (χ0) is 18.5. The highest BCUT2D eigenvalue weighted by Gasteiger charge is 2.31. The Morgan fingerprint density at radius 1 is 1.04 bits per heavy atom. The zero-order valence-corrected chi connectivity index (χ0v) is 15.9. The average molecular weight is 358 g/mol. The van der Waals surface area contributed by atoms with Gasteiger partial charge in [-0.2, -0.15) is 0 Å². The summed E-state index contributed by atoms with van der Waals surface area (Å²) in [5, 5.41) is 0. The van der Waals surface area contributed by atoms with E-state index < -0.39 is 0 Å². The molecule has 26 heavy (non-hydrogen) atoms. The molecule has 0 aliphatic carbocycles. The molecule has 2 fully saturated rings. The number of nitrogens with zero attached hydrogens (tertiary/aromatic N) is 2. The fourth-order valence-electron chi connectivity index (χ4n) is 3.92. The molecule has 0 N–H and O–H groups in total. The van der Waals surface area contributed by atoms with Gasteiger partial charge in [0.1, 0.15) is 11.9 Å². The summed E-state index contributed by atoms with van der Waals surface area (Å²) in [5.41, 5.74) is 1.28. The van der Waals surface area contributed by atoms with E-state index in [2.05, 4.69) is 19.1 Å². The quantitative estimate of drug-likeness (QED) is 0.832. The van der Waals surface area contributed by atoms with Gasteiger partial charge in [0.15, 0.2) is 0 Å². The molecular formula is C21H30N2O3. The Morgan fingerprint density at radius 2 is 1.69 bits per heavy atom. The SMILES string of the molecule is CCc1cccc(OC2CCN(C(=O)C3CCN(C(C)=O)CC3)CC2)c1. The molecule has 2 aliphatic heterocycles. The number of likely N-dealkylation sites (tertiary alicyclic amines) is 2. The van der Waals surface area contributed by atoms with Crippen LogP contribution < -0.4 is 4.74 Å². The van der Waals surface area contributed by atoms with E-state index in [9.17, 15) is 9.59 Å². The summed E-state index contributed by atoms with van der Waals surface area (Å²) in [7, 11) is 0. The molecule has 5 heteroatoms. The summed E-state index contributed by atoms with van der Waals surface area (Å²) in [6.45, 7) is 6.69. The van der Waals surface area contributed by atoms with E-state index in [4.69, 9.17) is 4.74 Å². The molecule has 2 saturated heterocycles. The molecule has 0 saturated carbocycles. The fourth-order valence-corrected chi connectivity index (χ4v) is 3.92. The molecule has 2 amide bonds. The zero-order valence-electron chi connectivity index (χ0n) is 15.9. The summed E-state index contributed by atoms with van der Waals surface area (Å²) >= 11 is 0. The number of hydrogen-bond donors (Lipinski definition) is 0. The van der Waals surface area contributed by atoms with Crippen LogP contribution in [0.1, 0.15) is 45.1 Å². The first-order valence-corrected chi connectivity index (χ1v) is 9.86.